The van der Waals surface area contributed by atoms with Gasteiger partial charge >= 0.3 is 0 Å². The number of halogens is 1. The molecule has 0 spiro atoms. The van der Waals surface area contributed by atoms with Crippen molar-refractivity contribution in [2.75, 3.05) is 19.6 Å². The van der Waals surface area contributed by atoms with Crippen LogP contribution >= 0.6 is 24.0 Å². The van der Waals surface area contributed by atoms with Crippen molar-refractivity contribution in [3.8, 4) is 0 Å². The third-order valence-electron chi connectivity index (χ3n) is 4.60. The fourth-order valence-corrected chi connectivity index (χ4v) is 3.25. The highest BCUT2D eigenvalue weighted by molar-refractivity contribution is 14.0. The Bertz CT molecular complexity index is 928. The normalized spacial score (nSPS) is 13.8. The highest BCUT2D eigenvalue weighted by Gasteiger charge is 2.27. The van der Waals surface area contributed by atoms with E-state index >= 15 is 0 Å². The minimum absolute atomic E-state index is 0. The number of fused-ring (bicyclic) bond motifs is 1. The van der Waals surface area contributed by atoms with Gasteiger partial charge in [-0.25, -0.2) is 9.98 Å². The van der Waals surface area contributed by atoms with Gasteiger partial charge in [0.1, 0.15) is 22.9 Å². The molecule has 0 radical (unpaired) electrons. The molecule has 0 saturated heterocycles. The number of nitrogens with one attached hydrogen (secondary N) is 3. The molecular formula is C21H30IN5O2. The van der Waals surface area contributed by atoms with Crippen LogP contribution in [0.3, 0.4) is 0 Å². The van der Waals surface area contributed by atoms with Gasteiger partial charge in [0.15, 0.2) is 5.96 Å². The van der Waals surface area contributed by atoms with Crippen LogP contribution in [0.2, 0.25) is 0 Å². The summed E-state index contributed by atoms with van der Waals surface area (Å²) in [6, 6.07) is 9.86. The average Bonchev–Trinajstić information content (AvgIpc) is 3.22. The van der Waals surface area contributed by atoms with Crippen LogP contribution < -0.4 is 10.6 Å². The SMILES string of the molecule is CCNC(=NCC(C)(O)c1cc(C)oc1C)NCCc1nc2ccccc2[nH]1.I. The quantitative estimate of drug-likeness (QED) is 0.222. The molecule has 0 saturated carbocycles. The number of guanidine groups is 1. The lowest BCUT2D eigenvalue weighted by atomic mass is 9.96. The zero-order valence-corrected chi connectivity index (χ0v) is 19.7. The van der Waals surface area contributed by atoms with E-state index in [1.807, 2.05) is 51.1 Å². The van der Waals surface area contributed by atoms with Gasteiger partial charge in [0.25, 0.3) is 0 Å². The first kappa shape index (κ1) is 23.2. The minimum atomic E-state index is -1.09. The molecule has 0 aliphatic heterocycles. The van der Waals surface area contributed by atoms with Crippen LogP contribution in [-0.4, -0.2) is 40.7 Å². The van der Waals surface area contributed by atoms with Crippen LogP contribution in [-0.2, 0) is 12.0 Å². The summed E-state index contributed by atoms with van der Waals surface area (Å²) in [4.78, 5) is 12.5. The van der Waals surface area contributed by atoms with Crippen LogP contribution in [0.1, 0.15) is 36.8 Å². The standard InChI is InChI=1S/C21H29N5O2.HI/c1-5-22-20(24-13-21(4,27)16-12-14(2)28-15(16)3)23-11-10-19-25-17-8-6-7-9-18(17)26-19;/h6-9,12,27H,5,10-11,13H2,1-4H3,(H,25,26)(H2,22,23,24);1H. The van der Waals surface area contributed by atoms with Crippen molar-refractivity contribution in [3.63, 3.8) is 0 Å². The molecule has 7 nitrogen and oxygen atoms in total. The Balaban J connectivity index is 0.00000300. The van der Waals surface area contributed by atoms with Crippen LogP contribution in [0.25, 0.3) is 11.0 Å². The van der Waals surface area contributed by atoms with E-state index in [9.17, 15) is 5.11 Å². The number of hydrogen-bond donors (Lipinski definition) is 4. The van der Waals surface area contributed by atoms with Crippen molar-refractivity contribution in [3.05, 3.63) is 53.2 Å². The summed E-state index contributed by atoms with van der Waals surface area (Å²) in [7, 11) is 0. The van der Waals surface area contributed by atoms with Crippen molar-refractivity contribution in [1.29, 1.82) is 0 Å². The molecule has 29 heavy (non-hydrogen) atoms. The van der Waals surface area contributed by atoms with E-state index < -0.39 is 5.60 Å². The maximum absolute atomic E-state index is 10.8. The molecule has 0 bridgehead atoms. The summed E-state index contributed by atoms with van der Waals surface area (Å²) in [6.07, 6.45) is 0.746. The molecule has 3 rings (SSSR count). The number of H-pyrrole nitrogens is 1. The first-order valence-electron chi connectivity index (χ1n) is 9.64. The predicted molar refractivity (Wildman–Crippen MR) is 127 cm³/mol. The molecule has 4 N–H and O–H groups in total. The fourth-order valence-electron chi connectivity index (χ4n) is 3.25. The van der Waals surface area contributed by atoms with Gasteiger partial charge in [0.05, 0.1) is 17.6 Å². The van der Waals surface area contributed by atoms with Gasteiger partial charge in [-0.15, -0.1) is 24.0 Å². The van der Waals surface area contributed by atoms with E-state index in [1.54, 1.807) is 6.92 Å². The highest BCUT2D eigenvalue weighted by Crippen LogP contribution is 2.27. The predicted octanol–water partition coefficient (Wildman–Crippen LogP) is 3.40. The number of aliphatic hydroxyl groups is 1. The summed E-state index contributed by atoms with van der Waals surface area (Å²) in [5, 5.41) is 17.4. The Morgan fingerprint density at radius 2 is 2.03 bits per heavy atom. The van der Waals surface area contributed by atoms with Gasteiger partial charge in [-0.05, 0) is 45.9 Å². The molecule has 3 aromatic rings. The Kier molecular flexibility index (Phi) is 8.09. The molecule has 1 aromatic carbocycles. The first-order chi connectivity index (χ1) is 13.4. The maximum atomic E-state index is 10.8. The molecule has 2 heterocycles. The van der Waals surface area contributed by atoms with Gasteiger partial charge in [-0.1, -0.05) is 12.1 Å². The number of aromatic amines is 1. The Labute approximate surface area is 188 Å². The molecule has 8 heteroatoms. The molecule has 2 aromatic heterocycles. The topological polar surface area (TPSA) is 98.5 Å². The first-order valence-corrected chi connectivity index (χ1v) is 9.64. The third kappa shape index (κ3) is 5.96. The van der Waals surface area contributed by atoms with Crippen molar-refractivity contribution < 1.29 is 9.52 Å². The van der Waals surface area contributed by atoms with E-state index in [-0.39, 0.29) is 30.5 Å². The highest BCUT2D eigenvalue weighted by atomic mass is 127. The second kappa shape index (κ2) is 10.1. The minimum Gasteiger partial charge on any atom is -0.466 e. The molecule has 0 amide bonds. The maximum Gasteiger partial charge on any atom is 0.191 e. The van der Waals surface area contributed by atoms with Crippen LogP contribution in [0.15, 0.2) is 39.7 Å². The largest absolute Gasteiger partial charge is 0.466 e. The van der Waals surface area contributed by atoms with Crippen molar-refractivity contribution in [2.24, 2.45) is 4.99 Å². The van der Waals surface area contributed by atoms with Crippen LogP contribution in [0.5, 0.6) is 0 Å². The van der Waals surface area contributed by atoms with Crippen LogP contribution in [0.4, 0.5) is 0 Å². The van der Waals surface area contributed by atoms with Gasteiger partial charge in [0.2, 0.25) is 0 Å². The number of rotatable bonds is 7. The fraction of sp³-hybridized carbons (Fsp3) is 0.429. The summed E-state index contributed by atoms with van der Waals surface area (Å²) in [5.74, 6) is 3.10. The number of benzene rings is 1. The number of furan rings is 1. The van der Waals surface area contributed by atoms with E-state index in [0.29, 0.717) is 12.5 Å². The van der Waals surface area contributed by atoms with E-state index in [2.05, 4.69) is 25.6 Å². The number of imidazole rings is 1. The number of aliphatic imine (C=N–C) groups is 1. The third-order valence-corrected chi connectivity index (χ3v) is 4.60. The smallest absolute Gasteiger partial charge is 0.191 e. The Morgan fingerprint density at radius 3 is 2.69 bits per heavy atom. The number of hydrogen-bond acceptors (Lipinski definition) is 4. The molecule has 1 unspecified atom stereocenters. The number of aromatic nitrogens is 2. The zero-order chi connectivity index (χ0) is 20.1. The lowest BCUT2D eigenvalue weighted by Gasteiger charge is -2.21. The molecule has 0 aliphatic carbocycles. The van der Waals surface area contributed by atoms with Gasteiger partial charge < -0.3 is 25.1 Å². The van der Waals surface area contributed by atoms with E-state index in [0.717, 1.165) is 46.9 Å². The molecule has 158 valence electrons. The summed E-state index contributed by atoms with van der Waals surface area (Å²) in [6.45, 7) is 9.15. The van der Waals surface area contributed by atoms with E-state index in [4.69, 9.17) is 4.42 Å². The van der Waals surface area contributed by atoms with Crippen molar-refractivity contribution in [1.82, 2.24) is 20.6 Å². The Morgan fingerprint density at radius 1 is 1.28 bits per heavy atom. The number of para-hydroxylation sites is 2. The lowest BCUT2D eigenvalue weighted by molar-refractivity contribution is 0.0657. The number of aryl methyl sites for hydroxylation is 2. The summed E-state index contributed by atoms with van der Waals surface area (Å²) >= 11 is 0. The zero-order valence-electron chi connectivity index (χ0n) is 17.4. The van der Waals surface area contributed by atoms with Gasteiger partial charge in [-0.2, -0.15) is 0 Å². The second-order valence-corrected chi connectivity index (χ2v) is 7.17. The van der Waals surface area contributed by atoms with Crippen molar-refractivity contribution in [2.45, 2.75) is 39.7 Å². The van der Waals surface area contributed by atoms with Gasteiger partial charge in [-0.3, -0.25) is 0 Å². The molecular weight excluding hydrogens is 481 g/mol. The monoisotopic (exact) mass is 511 g/mol. The average molecular weight is 511 g/mol. The second-order valence-electron chi connectivity index (χ2n) is 7.17. The van der Waals surface area contributed by atoms with Crippen LogP contribution in [0, 0.1) is 13.8 Å². The molecule has 0 fully saturated rings. The molecule has 0 aliphatic rings. The summed E-state index contributed by atoms with van der Waals surface area (Å²) < 4.78 is 5.54. The Hall–Kier alpha value is -2.07. The van der Waals surface area contributed by atoms with Gasteiger partial charge in [0, 0.05) is 25.1 Å². The molecule has 1 atom stereocenters. The lowest BCUT2D eigenvalue weighted by Crippen LogP contribution is -2.39. The van der Waals surface area contributed by atoms with Crippen molar-refractivity contribution >= 4 is 41.0 Å². The summed E-state index contributed by atoms with van der Waals surface area (Å²) in [5.41, 5.74) is 1.69. The number of nitrogens with zero attached hydrogens (tertiary/aromatic N) is 2. The van der Waals surface area contributed by atoms with E-state index in [1.165, 1.54) is 0 Å².